The van der Waals surface area contributed by atoms with Gasteiger partial charge in [-0.1, -0.05) is 84.0 Å². The first kappa shape index (κ1) is 81.0. The topological polar surface area (TPSA) is 407 Å². The zero-order chi connectivity index (χ0) is 64.2. The molecule has 87 heavy (non-hydrogen) atoms. The molecule has 490 valence electrons. The second-order valence-corrected chi connectivity index (χ2v) is 19.7. The lowest BCUT2D eigenvalue weighted by Gasteiger charge is -2.31. The molecule has 0 heterocycles. The highest BCUT2D eigenvalue weighted by molar-refractivity contribution is 5.69. The number of aliphatic imine (C=N–C) groups is 6. The van der Waals surface area contributed by atoms with E-state index in [-0.39, 0.29) is 33.0 Å². The molecule has 6 amide bonds. The molecule has 0 bridgehead atoms. The average molecular weight is 1240 g/mol. The van der Waals surface area contributed by atoms with E-state index in [0.29, 0.717) is 104 Å². The molecule has 0 spiro atoms. The Morgan fingerprint density at radius 1 is 0.310 bits per heavy atom. The van der Waals surface area contributed by atoms with Crippen molar-refractivity contribution >= 4 is 73.0 Å². The van der Waals surface area contributed by atoms with E-state index in [4.69, 9.17) is 28.4 Å². The number of carbonyl (C=O) groups excluding carboxylic acids is 12. The van der Waals surface area contributed by atoms with Crippen molar-refractivity contribution in [1.29, 1.82) is 0 Å². The Kier molecular flexibility index (Phi) is 59.5. The van der Waals surface area contributed by atoms with Gasteiger partial charge in [0.2, 0.25) is 36.5 Å². The van der Waals surface area contributed by atoms with E-state index in [1.54, 1.807) is 0 Å². The molecule has 6 N–H and O–H groups in total. The Morgan fingerprint density at radius 2 is 0.517 bits per heavy atom. The summed E-state index contributed by atoms with van der Waals surface area (Å²) in [4.78, 5) is 155. The van der Waals surface area contributed by atoms with Gasteiger partial charge in [0.15, 0.2) is 6.10 Å². The molecular weight excluding hydrogens is 1140 g/mol. The van der Waals surface area contributed by atoms with E-state index in [0.717, 1.165) is 135 Å². The number of ether oxygens (including phenoxy) is 6. The molecule has 0 aromatic heterocycles. The summed E-state index contributed by atoms with van der Waals surface area (Å²) < 4.78 is 31.9. The maximum Gasteiger partial charge on any atom is 0.407 e. The molecule has 0 fully saturated rings. The van der Waals surface area contributed by atoms with Crippen LogP contribution in [0.3, 0.4) is 0 Å². The molecule has 0 atom stereocenters. The Labute approximate surface area is 509 Å². The maximum absolute atomic E-state index is 12.3. The Bertz CT molecular complexity index is 1980. The minimum atomic E-state index is -1.03. The minimum absolute atomic E-state index is 0.147. The molecular formula is C57H94N12O18. The minimum Gasteiger partial charge on any atom is -0.449 e. The monoisotopic (exact) mass is 1230 g/mol. The molecule has 30 nitrogen and oxygen atoms in total. The number of rotatable bonds is 54. The van der Waals surface area contributed by atoms with Gasteiger partial charge in [-0.2, -0.15) is 0 Å². The van der Waals surface area contributed by atoms with Crippen LogP contribution in [0.2, 0.25) is 0 Å². The van der Waals surface area contributed by atoms with E-state index >= 15 is 0 Å². The Hall–Kier alpha value is -8.10. The van der Waals surface area contributed by atoms with Gasteiger partial charge in [-0.15, -0.1) is 0 Å². The van der Waals surface area contributed by atoms with Crippen molar-refractivity contribution in [3.05, 3.63) is 0 Å². The third-order valence-electron chi connectivity index (χ3n) is 12.5. The molecule has 0 unspecified atom stereocenters. The lowest BCUT2D eigenvalue weighted by molar-refractivity contribution is -0.0175. The first-order chi connectivity index (χ1) is 42.5. The summed E-state index contributed by atoms with van der Waals surface area (Å²) in [6, 6.07) is 0. The van der Waals surface area contributed by atoms with E-state index in [1.165, 1.54) is 36.5 Å². The lowest BCUT2D eigenvalue weighted by Crippen LogP contribution is -2.42. The predicted molar refractivity (Wildman–Crippen MR) is 316 cm³/mol. The number of nitrogens with one attached hydrogen (secondary N) is 6. The van der Waals surface area contributed by atoms with Gasteiger partial charge >= 0.3 is 36.6 Å². The van der Waals surface area contributed by atoms with Crippen molar-refractivity contribution in [3.8, 4) is 0 Å². The number of carbonyl (C=O) groups is 6. The number of unbranched alkanes of at least 4 members (excludes halogenated alkanes) is 18. The first-order valence-electron chi connectivity index (χ1n) is 30.2. The van der Waals surface area contributed by atoms with Gasteiger partial charge in [-0.3, -0.25) is 0 Å². The van der Waals surface area contributed by atoms with Crippen molar-refractivity contribution in [2.24, 2.45) is 35.4 Å². The highest BCUT2D eigenvalue weighted by Gasteiger charge is 2.34. The van der Waals surface area contributed by atoms with Crippen LogP contribution >= 0.6 is 0 Å². The Morgan fingerprint density at radius 3 is 0.736 bits per heavy atom. The van der Waals surface area contributed by atoms with Gasteiger partial charge < -0.3 is 60.3 Å². The number of nitrogens with zero attached hydrogens (tertiary/aromatic N) is 6. The molecule has 0 aliphatic rings. The summed E-state index contributed by atoms with van der Waals surface area (Å²) in [5.74, 6) is 0. The summed E-state index contributed by atoms with van der Waals surface area (Å²) in [6.07, 6.45) is 23.4. The van der Waals surface area contributed by atoms with Gasteiger partial charge in [0, 0.05) is 39.3 Å². The fourth-order valence-corrected chi connectivity index (χ4v) is 7.42. The normalized spacial score (nSPS) is 11.0. The molecule has 0 aliphatic carbocycles. The fraction of sp³-hybridized carbons (Fsp3) is 0.789. The van der Waals surface area contributed by atoms with Crippen LogP contribution in [0.25, 0.3) is 0 Å². The van der Waals surface area contributed by atoms with Crippen LogP contribution in [0.5, 0.6) is 0 Å². The van der Waals surface area contributed by atoms with Gasteiger partial charge in [0.05, 0.1) is 44.7 Å². The largest absolute Gasteiger partial charge is 0.449 e. The molecule has 0 aromatic carbocycles. The maximum atomic E-state index is 12.3. The molecule has 30 heteroatoms. The SMILES string of the molecule is CCC(COC(=O)NCCCCCCN=C=O)(COC(=O)NCCCCCCN=C=O)COC(=O)NCCCCCCN=C=O.O=C=NCCCCCCNC(=O)OCC(COC(=O)NCCCCCCN=C=O)OC(=O)NCCCCCCN=C=O. The smallest absolute Gasteiger partial charge is 0.407 e. The quantitative estimate of drug-likeness (QED) is 0.0149. The lowest BCUT2D eigenvalue weighted by atomic mass is 9.88. The zero-order valence-corrected chi connectivity index (χ0v) is 50.8. The standard InChI is InChI=1S/C30H50N6O9.C27H44N6O9/c1-2-30(21-43-27(40)34-18-12-6-3-9-15-31-24-37,22-44-28(41)35-19-13-7-4-10-16-32-25-38)23-45-29(42)36-20-14-8-5-11-17-33-26-39;34-21-28-13-7-1-4-10-16-31-25(37)40-19-24(42-27(39)33-18-12-6-3-9-15-30-23-36)20-41-26(38)32-17-11-5-2-8-14-29-22-35/h2-23H2,1H3,(H,34,40)(H,35,41)(H,36,42);24H,1-20H2,(H,31,37)(H,32,38)(H,33,39). The van der Waals surface area contributed by atoms with Crippen LogP contribution in [0, 0.1) is 5.41 Å². The first-order valence-corrected chi connectivity index (χ1v) is 30.2. The number of amides is 6. The van der Waals surface area contributed by atoms with E-state index in [9.17, 15) is 57.5 Å². The highest BCUT2D eigenvalue weighted by atomic mass is 16.6. The van der Waals surface area contributed by atoms with Crippen molar-refractivity contribution in [2.75, 3.05) is 112 Å². The van der Waals surface area contributed by atoms with Gasteiger partial charge in [-0.05, 0) is 83.5 Å². The molecule has 0 radical (unpaired) electrons. The summed E-state index contributed by atoms with van der Waals surface area (Å²) in [5, 5.41) is 15.9. The fourth-order valence-electron chi connectivity index (χ4n) is 7.42. The van der Waals surface area contributed by atoms with Crippen molar-refractivity contribution in [3.63, 3.8) is 0 Å². The number of isocyanates is 6. The van der Waals surface area contributed by atoms with Gasteiger partial charge in [0.1, 0.15) is 33.0 Å². The molecule has 0 saturated carbocycles. The number of hydrogen-bond acceptors (Lipinski definition) is 24. The van der Waals surface area contributed by atoms with Crippen LogP contribution in [0.15, 0.2) is 30.0 Å². The summed E-state index contributed by atoms with van der Waals surface area (Å²) in [7, 11) is 0. The Balaban J connectivity index is 0. The third kappa shape index (κ3) is 59.4. The molecule has 0 rings (SSSR count). The van der Waals surface area contributed by atoms with Crippen LogP contribution < -0.4 is 31.9 Å². The molecule has 0 saturated heterocycles. The average Bonchev–Trinajstić information content (AvgIpc) is 3.63. The molecule has 0 aromatic rings. The zero-order valence-electron chi connectivity index (χ0n) is 50.8. The number of alkyl carbamates (subject to hydrolysis) is 6. The number of hydrogen-bond donors (Lipinski definition) is 6. The van der Waals surface area contributed by atoms with Gasteiger partial charge in [0.25, 0.3) is 0 Å². The second-order valence-electron chi connectivity index (χ2n) is 19.7. The highest BCUT2D eigenvalue weighted by Crippen LogP contribution is 2.24. The predicted octanol–water partition coefficient (Wildman–Crippen LogP) is 7.47. The summed E-state index contributed by atoms with van der Waals surface area (Å²) in [6.45, 7) is 5.69. The third-order valence-corrected chi connectivity index (χ3v) is 12.5. The van der Waals surface area contributed by atoms with E-state index < -0.39 is 48.1 Å². The van der Waals surface area contributed by atoms with Crippen molar-refractivity contribution in [1.82, 2.24) is 31.9 Å². The van der Waals surface area contributed by atoms with Crippen LogP contribution in [0.1, 0.15) is 167 Å². The van der Waals surface area contributed by atoms with Crippen LogP contribution in [0.4, 0.5) is 28.8 Å². The van der Waals surface area contributed by atoms with Crippen LogP contribution in [-0.4, -0.2) is 191 Å². The van der Waals surface area contributed by atoms with Crippen molar-refractivity contribution < 1.29 is 86.0 Å². The summed E-state index contributed by atoms with van der Waals surface area (Å²) >= 11 is 0. The van der Waals surface area contributed by atoms with E-state index in [2.05, 4.69) is 61.9 Å². The van der Waals surface area contributed by atoms with Gasteiger partial charge in [-0.25, -0.2) is 87.5 Å². The van der Waals surface area contributed by atoms with Crippen molar-refractivity contribution in [2.45, 2.75) is 174 Å². The van der Waals surface area contributed by atoms with Crippen LogP contribution in [-0.2, 0) is 57.2 Å². The molecule has 0 aliphatic heterocycles. The van der Waals surface area contributed by atoms with E-state index in [1.807, 2.05) is 6.92 Å². The summed E-state index contributed by atoms with van der Waals surface area (Å²) in [5.41, 5.74) is -0.969. The second kappa shape index (κ2) is 63.9.